The van der Waals surface area contributed by atoms with Gasteiger partial charge in [0.1, 0.15) is 0 Å². The van der Waals surface area contributed by atoms with Gasteiger partial charge in [-0.25, -0.2) is 0 Å². The Bertz CT molecular complexity index is 535. The maximum atomic E-state index is 12.0. The van der Waals surface area contributed by atoms with Crippen LogP contribution in [0.1, 0.15) is 17.5 Å². The molecule has 0 fully saturated rings. The second kappa shape index (κ2) is 6.20. The Kier molecular flexibility index (Phi) is 4.36. The third kappa shape index (κ3) is 2.64. The van der Waals surface area contributed by atoms with E-state index in [-0.39, 0.29) is 5.91 Å². The van der Waals surface area contributed by atoms with Gasteiger partial charge in [-0.05, 0) is 11.1 Å². The van der Waals surface area contributed by atoms with Gasteiger partial charge in [-0.1, -0.05) is 66.7 Å². The van der Waals surface area contributed by atoms with Gasteiger partial charge in [0.25, 0.3) is 0 Å². The molecule has 0 atom stereocenters. The third-order valence-electron chi connectivity index (χ3n) is 3.64. The zero-order valence-corrected chi connectivity index (χ0v) is 11.7. The Morgan fingerprint density at radius 1 is 1.05 bits per heavy atom. The van der Waals surface area contributed by atoms with Crippen molar-refractivity contribution >= 4 is 5.91 Å². The quantitative estimate of drug-likeness (QED) is 0.826. The number of hydrogen-bond donors (Lipinski definition) is 1. The van der Waals surface area contributed by atoms with E-state index in [1.165, 1.54) is 0 Å². The van der Waals surface area contributed by atoms with Crippen molar-refractivity contribution in [3.63, 3.8) is 0 Å². The highest BCUT2D eigenvalue weighted by Gasteiger charge is 2.33. The number of carbonyl (C=O) groups is 1. The van der Waals surface area contributed by atoms with E-state index in [9.17, 15) is 4.79 Å². The van der Waals surface area contributed by atoms with E-state index in [1.807, 2.05) is 66.7 Å². The van der Waals surface area contributed by atoms with Crippen molar-refractivity contribution in [1.29, 1.82) is 0 Å². The fourth-order valence-electron chi connectivity index (χ4n) is 2.49. The minimum Gasteiger partial charge on any atom is -0.359 e. The fourth-order valence-corrected chi connectivity index (χ4v) is 2.49. The van der Waals surface area contributed by atoms with E-state index >= 15 is 0 Å². The molecular weight excluding hydrogens is 246 g/mol. The molecule has 0 aliphatic carbocycles. The highest BCUT2D eigenvalue weighted by atomic mass is 16.1. The van der Waals surface area contributed by atoms with Crippen LogP contribution in [0.25, 0.3) is 0 Å². The predicted octanol–water partition coefficient (Wildman–Crippen LogP) is 3.29. The minimum atomic E-state index is -0.497. The summed E-state index contributed by atoms with van der Waals surface area (Å²) < 4.78 is 0. The molecule has 2 nitrogen and oxygen atoms in total. The molecule has 0 bridgehead atoms. The molecule has 20 heavy (non-hydrogen) atoms. The summed E-state index contributed by atoms with van der Waals surface area (Å²) in [5.74, 6) is -0.00222. The van der Waals surface area contributed by atoms with E-state index in [0.29, 0.717) is 6.42 Å². The first kappa shape index (κ1) is 14.1. The van der Waals surface area contributed by atoms with E-state index < -0.39 is 5.41 Å². The fraction of sp³-hybridized carbons (Fsp3) is 0.167. The number of carbonyl (C=O) groups excluding carboxylic acids is 1. The van der Waals surface area contributed by atoms with Crippen LogP contribution in [0.2, 0.25) is 0 Å². The van der Waals surface area contributed by atoms with E-state index in [4.69, 9.17) is 0 Å². The Labute approximate surface area is 120 Å². The van der Waals surface area contributed by atoms with E-state index in [0.717, 1.165) is 11.1 Å². The lowest BCUT2D eigenvalue weighted by atomic mass is 9.72. The summed E-state index contributed by atoms with van der Waals surface area (Å²) in [6.45, 7) is 3.99. The van der Waals surface area contributed by atoms with Crippen LogP contribution in [0.4, 0.5) is 0 Å². The van der Waals surface area contributed by atoms with Crippen LogP contribution in [-0.4, -0.2) is 13.0 Å². The summed E-state index contributed by atoms with van der Waals surface area (Å²) in [6, 6.07) is 20.1. The molecule has 1 N–H and O–H groups in total. The molecule has 0 aliphatic rings. The van der Waals surface area contributed by atoms with Crippen LogP contribution < -0.4 is 5.32 Å². The third-order valence-corrected chi connectivity index (χ3v) is 3.64. The molecule has 2 rings (SSSR count). The first-order valence-corrected chi connectivity index (χ1v) is 6.68. The number of hydrogen-bond acceptors (Lipinski definition) is 1. The first-order chi connectivity index (χ1) is 9.73. The average molecular weight is 265 g/mol. The van der Waals surface area contributed by atoms with Gasteiger partial charge in [0, 0.05) is 18.9 Å². The normalized spacial score (nSPS) is 10.8. The van der Waals surface area contributed by atoms with Crippen molar-refractivity contribution in [2.75, 3.05) is 7.05 Å². The molecule has 102 valence electrons. The van der Waals surface area contributed by atoms with Gasteiger partial charge in [0.2, 0.25) is 5.91 Å². The summed E-state index contributed by atoms with van der Waals surface area (Å²) >= 11 is 0. The molecule has 2 heteroatoms. The van der Waals surface area contributed by atoms with Crippen molar-refractivity contribution in [2.45, 2.75) is 11.8 Å². The molecule has 0 aromatic heterocycles. The van der Waals surface area contributed by atoms with Gasteiger partial charge in [-0.2, -0.15) is 0 Å². The Morgan fingerprint density at radius 3 is 1.85 bits per heavy atom. The predicted molar refractivity (Wildman–Crippen MR) is 82.5 cm³/mol. The number of allylic oxidation sites excluding steroid dienone is 1. The van der Waals surface area contributed by atoms with Crippen molar-refractivity contribution < 1.29 is 4.79 Å². The highest BCUT2D eigenvalue weighted by molar-refractivity contribution is 5.79. The number of amides is 1. The topological polar surface area (TPSA) is 29.1 Å². The lowest BCUT2D eigenvalue weighted by Gasteiger charge is -2.31. The SMILES string of the molecule is C=CC(CC(=O)NC)(c1ccccc1)c1ccccc1. The monoisotopic (exact) mass is 265 g/mol. The van der Waals surface area contributed by atoms with Gasteiger partial charge >= 0.3 is 0 Å². The average Bonchev–Trinajstić information content (AvgIpc) is 2.54. The first-order valence-electron chi connectivity index (χ1n) is 6.68. The Hall–Kier alpha value is -2.35. The molecule has 2 aromatic rings. The molecule has 0 saturated heterocycles. The van der Waals surface area contributed by atoms with Gasteiger partial charge in [-0.3, -0.25) is 4.79 Å². The minimum absolute atomic E-state index is 0.00222. The number of rotatable bonds is 5. The Morgan fingerprint density at radius 2 is 1.50 bits per heavy atom. The van der Waals surface area contributed by atoms with E-state index in [2.05, 4.69) is 11.9 Å². The van der Waals surface area contributed by atoms with Gasteiger partial charge in [0.15, 0.2) is 0 Å². The maximum Gasteiger partial charge on any atom is 0.221 e. The van der Waals surface area contributed by atoms with Crippen molar-refractivity contribution in [3.05, 3.63) is 84.4 Å². The molecule has 0 unspecified atom stereocenters. The second-order valence-electron chi connectivity index (χ2n) is 4.76. The van der Waals surface area contributed by atoms with Crippen LogP contribution >= 0.6 is 0 Å². The van der Waals surface area contributed by atoms with Crippen molar-refractivity contribution in [3.8, 4) is 0 Å². The molecule has 0 aliphatic heterocycles. The summed E-state index contributed by atoms with van der Waals surface area (Å²) in [5.41, 5.74) is 1.65. The molecule has 0 spiro atoms. The van der Waals surface area contributed by atoms with E-state index in [1.54, 1.807) is 7.05 Å². The number of nitrogens with one attached hydrogen (secondary N) is 1. The van der Waals surface area contributed by atoms with Crippen molar-refractivity contribution in [1.82, 2.24) is 5.32 Å². The van der Waals surface area contributed by atoms with Crippen LogP contribution in [0.15, 0.2) is 73.3 Å². The lowest BCUT2D eigenvalue weighted by molar-refractivity contribution is -0.121. The largest absolute Gasteiger partial charge is 0.359 e. The van der Waals surface area contributed by atoms with Gasteiger partial charge in [0.05, 0.1) is 0 Å². The van der Waals surface area contributed by atoms with Gasteiger partial charge < -0.3 is 5.32 Å². The van der Waals surface area contributed by atoms with Crippen LogP contribution in [0.3, 0.4) is 0 Å². The molecule has 2 aromatic carbocycles. The van der Waals surface area contributed by atoms with Crippen LogP contribution in [-0.2, 0) is 10.2 Å². The summed E-state index contributed by atoms with van der Waals surface area (Å²) in [7, 11) is 1.66. The second-order valence-corrected chi connectivity index (χ2v) is 4.76. The summed E-state index contributed by atoms with van der Waals surface area (Å²) in [5, 5.41) is 2.71. The standard InChI is InChI=1S/C18H19NO/c1-3-18(14-17(20)19-2,15-10-6-4-7-11-15)16-12-8-5-9-13-16/h3-13H,1,14H2,2H3,(H,19,20). The van der Waals surface area contributed by atoms with Gasteiger partial charge in [-0.15, -0.1) is 6.58 Å². The molecule has 0 radical (unpaired) electrons. The zero-order chi connectivity index (χ0) is 14.4. The van der Waals surface area contributed by atoms with Crippen LogP contribution in [0, 0.1) is 0 Å². The zero-order valence-electron chi connectivity index (χ0n) is 11.7. The highest BCUT2D eigenvalue weighted by Crippen LogP contribution is 2.36. The van der Waals surface area contributed by atoms with Crippen LogP contribution in [0.5, 0.6) is 0 Å². The molecule has 1 amide bonds. The molecular formula is C18H19NO. The summed E-state index contributed by atoms with van der Waals surface area (Å²) in [4.78, 5) is 12.0. The molecule has 0 heterocycles. The smallest absolute Gasteiger partial charge is 0.221 e. The summed E-state index contributed by atoms with van der Waals surface area (Å²) in [6.07, 6.45) is 2.22. The Balaban J connectivity index is 2.58. The number of benzene rings is 2. The van der Waals surface area contributed by atoms with Crippen molar-refractivity contribution in [2.24, 2.45) is 0 Å². The lowest BCUT2D eigenvalue weighted by Crippen LogP contribution is -2.33. The maximum absolute atomic E-state index is 12.0. The molecule has 0 saturated carbocycles.